The molecule has 0 bridgehead atoms. The first-order valence-corrected chi connectivity index (χ1v) is 13.0. The average Bonchev–Trinajstić information content (AvgIpc) is 2.91. The lowest BCUT2D eigenvalue weighted by molar-refractivity contribution is -0.137. The van der Waals surface area contributed by atoms with Gasteiger partial charge in [-0.3, -0.25) is 9.59 Å². The molecule has 0 spiro atoms. The maximum absolute atomic E-state index is 12.8. The normalized spacial score (nSPS) is 14.0. The fourth-order valence-corrected chi connectivity index (χ4v) is 4.26. The van der Waals surface area contributed by atoms with Crippen LogP contribution in [0.15, 0.2) is 59.3 Å². The molecule has 6 nitrogen and oxygen atoms in total. The number of benzene rings is 1. The number of nitrogens with zero attached hydrogens (tertiary/aromatic N) is 2. The molecule has 0 atom stereocenters. The predicted octanol–water partition coefficient (Wildman–Crippen LogP) is 6.80. The summed E-state index contributed by atoms with van der Waals surface area (Å²) < 4.78 is 36.3. The molecule has 0 unspecified atom stereocenters. The topological polar surface area (TPSA) is 100 Å². The fraction of sp³-hybridized carbons (Fsp3) is 0.400. The van der Waals surface area contributed by atoms with Gasteiger partial charge in [0.1, 0.15) is 5.82 Å². The quantitative estimate of drug-likeness (QED) is 0.218. The summed E-state index contributed by atoms with van der Waals surface area (Å²) in [5.41, 5.74) is 9.61. The van der Waals surface area contributed by atoms with Gasteiger partial charge in [-0.25, -0.2) is 4.98 Å². The second kappa shape index (κ2) is 14.4. The number of nitrogens with two attached hydrogens (primary N) is 1. The van der Waals surface area contributed by atoms with E-state index in [1.807, 2.05) is 19.9 Å². The number of pyridine rings is 1. The molecule has 1 aliphatic heterocycles. The largest absolute Gasteiger partial charge is 0.416 e. The summed E-state index contributed by atoms with van der Waals surface area (Å²) in [6.07, 6.45) is 4.72. The zero-order valence-electron chi connectivity index (χ0n) is 23.0. The number of nitrogen functional groups attached to an aromatic ring is 1. The Morgan fingerprint density at radius 3 is 2.49 bits per heavy atom. The Morgan fingerprint density at radius 2 is 1.92 bits per heavy atom. The monoisotopic (exact) mass is 542 g/mol. The summed E-state index contributed by atoms with van der Waals surface area (Å²) in [5.74, 6) is 0.184. The van der Waals surface area contributed by atoms with Gasteiger partial charge in [0.2, 0.25) is 0 Å². The van der Waals surface area contributed by atoms with Crippen LogP contribution in [0, 0.1) is 5.41 Å². The van der Waals surface area contributed by atoms with Crippen LogP contribution in [0.1, 0.15) is 80.4 Å². The Hall–Kier alpha value is -3.75. The van der Waals surface area contributed by atoms with E-state index in [-0.39, 0.29) is 17.5 Å². The van der Waals surface area contributed by atoms with Crippen LogP contribution < -0.4 is 5.73 Å². The molecular weight excluding hydrogens is 505 g/mol. The van der Waals surface area contributed by atoms with E-state index < -0.39 is 11.7 Å². The number of hydrogen-bond donors (Lipinski definition) is 2. The number of amides is 1. The molecule has 9 heteroatoms. The van der Waals surface area contributed by atoms with E-state index in [0.29, 0.717) is 42.6 Å². The molecule has 3 N–H and O–H groups in total. The SMILES string of the molecule is CCCC/C=C(/C(C)=O)C1=C(C)CN(C(=O)c2cnc(N)c(C=N)c2)CC1.CCc1cccc(C(F)(F)F)c1. The Balaban J connectivity index is 0.000000370. The summed E-state index contributed by atoms with van der Waals surface area (Å²) >= 11 is 0. The number of halogens is 3. The van der Waals surface area contributed by atoms with Crippen LogP contribution >= 0.6 is 0 Å². The average molecular weight is 543 g/mol. The molecule has 1 aromatic heterocycles. The summed E-state index contributed by atoms with van der Waals surface area (Å²) in [4.78, 5) is 30.7. The van der Waals surface area contributed by atoms with E-state index in [4.69, 9.17) is 11.1 Å². The van der Waals surface area contributed by atoms with E-state index in [1.54, 1.807) is 24.0 Å². The van der Waals surface area contributed by atoms with E-state index in [0.717, 1.165) is 48.3 Å². The smallest absolute Gasteiger partial charge is 0.383 e. The van der Waals surface area contributed by atoms with E-state index in [9.17, 15) is 22.8 Å². The number of rotatable bonds is 8. The molecule has 0 saturated heterocycles. The number of unbranched alkanes of at least 4 members (excludes halogenated alkanes) is 2. The highest BCUT2D eigenvalue weighted by Gasteiger charge is 2.30. The summed E-state index contributed by atoms with van der Waals surface area (Å²) in [7, 11) is 0. The number of carbonyl (C=O) groups excluding carboxylic acids is 2. The number of allylic oxidation sites excluding steroid dienone is 2. The van der Waals surface area contributed by atoms with Gasteiger partial charge in [0, 0.05) is 36.6 Å². The van der Waals surface area contributed by atoms with Crippen LogP contribution in [0.2, 0.25) is 0 Å². The Bertz CT molecular complexity index is 1250. The van der Waals surface area contributed by atoms with Crippen LogP contribution in [0.4, 0.5) is 19.0 Å². The number of alkyl halides is 3. The summed E-state index contributed by atoms with van der Waals surface area (Å²) in [6, 6.07) is 6.98. The number of nitrogens with one attached hydrogen (secondary N) is 1. The number of Topliss-reactive ketones (excluding diaryl/α,β-unsaturated/α-hetero) is 1. The van der Waals surface area contributed by atoms with E-state index in [2.05, 4.69) is 11.9 Å². The summed E-state index contributed by atoms with van der Waals surface area (Å²) in [6.45, 7) is 8.58. The second-order valence-corrected chi connectivity index (χ2v) is 9.45. The number of aryl methyl sites for hydroxylation is 1. The first-order valence-electron chi connectivity index (χ1n) is 13.0. The third-order valence-corrected chi connectivity index (χ3v) is 6.49. The highest BCUT2D eigenvalue weighted by atomic mass is 19.4. The number of carbonyl (C=O) groups is 2. The molecule has 2 aromatic rings. The number of hydrogen-bond acceptors (Lipinski definition) is 5. The molecular formula is C30H37F3N4O2. The molecule has 1 aliphatic rings. The lowest BCUT2D eigenvalue weighted by Gasteiger charge is -2.30. The highest BCUT2D eigenvalue weighted by molar-refractivity contribution is 5.99. The molecule has 1 aromatic carbocycles. The number of anilines is 1. The van der Waals surface area contributed by atoms with Crippen molar-refractivity contribution in [3.63, 3.8) is 0 Å². The number of aromatic nitrogens is 1. The van der Waals surface area contributed by atoms with Crippen LogP contribution in [-0.2, 0) is 17.4 Å². The third kappa shape index (κ3) is 8.90. The second-order valence-electron chi connectivity index (χ2n) is 9.45. The molecule has 0 radical (unpaired) electrons. The van der Waals surface area contributed by atoms with Crippen molar-refractivity contribution in [3.8, 4) is 0 Å². The van der Waals surface area contributed by atoms with Crippen molar-refractivity contribution in [2.45, 2.75) is 66.0 Å². The minimum Gasteiger partial charge on any atom is -0.383 e. The zero-order valence-corrected chi connectivity index (χ0v) is 23.0. The lowest BCUT2D eigenvalue weighted by Crippen LogP contribution is -2.37. The van der Waals surface area contributed by atoms with Crippen LogP contribution in [-0.4, -0.2) is 40.9 Å². The van der Waals surface area contributed by atoms with Crippen molar-refractivity contribution in [3.05, 3.63) is 81.6 Å². The van der Waals surface area contributed by atoms with Crippen molar-refractivity contribution in [1.29, 1.82) is 5.41 Å². The van der Waals surface area contributed by atoms with Gasteiger partial charge in [-0.2, -0.15) is 13.2 Å². The molecule has 1 amide bonds. The van der Waals surface area contributed by atoms with Crippen molar-refractivity contribution < 1.29 is 22.8 Å². The van der Waals surface area contributed by atoms with Crippen molar-refractivity contribution in [2.75, 3.05) is 18.8 Å². The first kappa shape index (κ1) is 31.5. The molecule has 3 rings (SSSR count). The maximum Gasteiger partial charge on any atom is 0.416 e. The van der Waals surface area contributed by atoms with Gasteiger partial charge in [0.25, 0.3) is 5.91 Å². The molecule has 0 saturated carbocycles. The van der Waals surface area contributed by atoms with Gasteiger partial charge in [-0.15, -0.1) is 0 Å². The van der Waals surface area contributed by atoms with Crippen molar-refractivity contribution in [2.24, 2.45) is 0 Å². The minimum atomic E-state index is -4.22. The van der Waals surface area contributed by atoms with Gasteiger partial charge >= 0.3 is 6.18 Å². The minimum absolute atomic E-state index is 0.0820. The predicted molar refractivity (Wildman–Crippen MR) is 149 cm³/mol. The van der Waals surface area contributed by atoms with Gasteiger partial charge in [-0.05, 0) is 62.0 Å². The first-order chi connectivity index (χ1) is 18.4. The molecule has 2 heterocycles. The van der Waals surface area contributed by atoms with Crippen molar-refractivity contribution >= 4 is 23.7 Å². The van der Waals surface area contributed by atoms with Gasteiger partial charge in [0.15, 0.2) is 5.78 Å². The van der Waals surface area contributed by atoms with E-state index >= 15 is 0 Å². The Kier molecular flexibility index (Phi) is 11.6. The lowest BCUT2D eigenvalue weighted by atomic mass is 9.90. The Labute approximate surface area is 228 Å². The molecule has 0 aliphatic carbocycles. The zero-order chi connectivity index (χ0) is 29.2. The molecule has 210 valence electrons. The van der Waals surface area contributed by atoms with Gasteiger partial charge < -0.3 is 16.0 Å². The number of ketones is 1. The molecule has 0 fully saturated rings. The summed E-state index contributed by atoms with van der Waals surface area (Å²) in [5, 5.41) is 7.37. The third-order valence-electron chi connectivity index (χ3n) is 6.49. The van der Waals surface area contributed by atoms with Crippen LogP contribution in [0.3, 0.4) is 0 Å². The fourth-order valence-electron chi connectivity index (χ4n) is 4.26. The van der Waals surface area contributed by atoms with Gasteiger partial charge in [0.05, 0.1) is 11.1 Å². The molecule has 39 heavy (non-hydrogen) atoms. The Morgan fingerprint density at radius 1 is 1.21 bits per heavy atom. The van der Waals surface area contributed by atoms with Gasteiger partial charge in [-0.1, -0.05) is 51.0 Å². The van der Waals surface area contributed by atoms with E-state index in [1.165, 1.54) is 18.3 Å². The standard InChI is InChI=1S/C21H28N4O2.C9H9F3/c1-4-5-6-7-19(15(3)26)18-8-9-25(13-14(18)2)21(27)17-10-16(11-22)20(23)24-12-17;1-2-7-4-3-5-8(6-7)9(10,11)12/h7,10-12,22H,4-6,8-9,13H2,1-3H3,(H2,23,24);3-6H,2H2,1H3/b19-7-,22-11?;. The van der Waals surface area contributed by atoms with Crippen molar-refractivity contribution in [1.82, 2.24) is 9.88 Å². The maximum atomic E-state index is 12.8. The van der Waals surface area contributed by atoms with Crippen LogP contribution in [0.5, 0.6) is 0 Å². The van der Waals surface area contributed by atoms with Crippen LogP contribution in [0.25, 0.3) is 0 Å². The highest BCUT2D eigenvalue weighted by Crippen LogP contribution is 2.30.